The molecule has 1 aromatic heterocycles. The van der Waals surface area contributed by atoms with Crippen molar-refractivity contribution in [3.63, 3.8) is 0 Å². The van der Waals surface area contributed by atoms with Crippen LogP contribution in [0.15, 0.2) is 23.7 Å². The molecule has 0 saturated carbocycles. The Hall–Kier alpha value is -2.19. The molecule has 0 aliphatic carbocycles. The van der Waals surface area contributed by atoms with E-state index in [9.17, 15) is 9.59 Å². The Balaban J connectivity index is 2.07. The molecule has 2 rings (SSSR count). The van der Waals surface area contributed by atoms with Gasteiger partial charge in [-0.25, -0.2) is 9.78 Å². The van der Waals surface area contributed by atoms with Gasteiger partial charge in [-0.15, -0.1) is 11.3 Å². The number of hydrogen-bond acceptors (Lipinski definition) is 5. The molecule has 0 atom stereocenters. The quantitative estimate of drug-likeness (QED) is 0.850. The molecule has 2 N–H and O–H groups in total. The van der Waals surface area contributed by atoms with Gasteiger partial charge in [-0.2, -0.15) is 0 Å². The van der Waals surface area contributed by atoms with E-state index in [1.807, 2.05) is 0 Å². The highest BCUT2D eigenvalue weighted by Crippen LogP contribution is 2.21. The number of methoxy groups -OCH3 is 1. The Morgan fingerprint density at radius 1 is 1.48 bits per heavy atom. The topological polar surface area (TPSA) is 91.8 Å². The smallest absolute Gasteiger partial charge is 0.323 e. The van der Waals surface area contributed by atoms with Gasteiger partial charge in [0.2, 0.25) is 0 Å². The third kappa shape index (κ3) is 4.14. The van der Waals surface area contributed by atoms with Gasteiger partial charge in [-0.1, -0.05) is 0 Å². The number of rotatable bonds is 6. The van der Waals surface area contributed by atoms with Crippen molar-refractivity contribution in [2.75, 3.05) is 32.1 Å². The van der Waals surface area contributed by atoms with E-state index in [0.717, 1.165) is 10.2 Å². The van der Waals surface area contributed by atoms with Crippen molar-refractivity contribution in [1.29, 1.82) is 0 Å². The number of thiazole rings is 1. The van der Waals surface area contributed by atoms with E-state index >= 15 is 0 Å². The lowest BCUT2D eigenvalue weighted by atomic mass is 10.3. The van der Waals surface area contributed by atoms with Crippen LogP contribution in [0.2, 0.25) is 0 Å². The average molecular weight is 309 g/mol. The first-order valence-corrected chi connectivity index (χ1v) is 7.08. The van der Waals surface area contributed by atoms with Crippen LogP contribution in [-0.2, 0) is 9.53 Å². The fourth-order valence-corrected chi connectivity index (χ4v) is 2.47. The summed E-state index contributed by atoms with van der Waals surface area (Å²) < 4.78 is 5.83. The third-order valence-electron chi connectivity index (χ3n) is 2.76. The van der Waals surface area contributed by atoms with Gasteiger partial charge in [0, 0.05) is 19.3 Å². The molecule has 112 valence electrons. The van der Waals surface area contributed by atoms with Gasteiger partial charge in [0.25, 0.3) is 0 Å². The molecule has 1 aromatic carbocycles. The Labute approximate surface area is 125 Å². The number of ether oxygens (including phenoxy) is 1. The number of carbonyl (C=O) groups is 2. The number of nitrogens with one attached hydrogen (secondary N) is 1. The molecular formula is C13H15N3O4S. The molecule has 0 unspecified atom stereocenters. The zero-order valence-electron chi connectivity index (χ0n) is 11.4. The molecule has 0 radical (unpaired) electrons. The van der Waals surface area contributed by atoms with Crippen molar-refractivity contribution in [3.8, 4) is 0 Å². The SMILES string of the molecule is COCCN(CC(=O)O)C(=O)Nc1ccc2ncsc2c1. The van der Waals surface area contributed by atoms with Crippen molar-refractivity contribution < 1.29 is 19.4 Å². The van der Waals surface area contributed by atoms with Crippen molar-refractivity contribution in [1.82, 2.24) is 9.88 Å². The summed E-state index contributed by atoms with van der Waals surface area (Å²) in [6.45, 7) is 0.101. The van der Waals surface area contributed by atoms with E-state index in [-0.39, 0.29) is 19.7 Å². The number of carbonyl (C=O) groups excluding carboxylic acids is 1. The standard InChI is InChI=1S/C13H15N3O4S/c1-20-5-4-16(7-12(17)18)13(19)15-9-2-3-10-11(6-9)21-8-14-10/h2-3,6,8H,4-5,7H2,1H3,(H,15,19)(H,17,18). The maximum absolute atomic E-state index is 12.1. The molecule has 21 heavy (non-hydrogen) atoms. The Morgan fingerprint density at radius 3 is 3.00 bits per heavy atom. The van der Waals surface area contributed by atoms with Crippen molar-refractivity contribution in [2.24, 2.45) is 0 Å². The van der Waals surface area contributed by atoms with Gasteiger partial charge in [0.05, 0.1) is 22.3 Å². The molecule has 2 aromatic rings. The van der Waals surface area contributed by atoms with Crippen LogP contribution >= 0.6 is 11.3 Å². The number of urea groups is 1. The fourth-order valence-electron chi connectivity index (χ4n) is 1.75. The van der Waals surface area contributed by atoms with Crippen LogP contribution in [-0.4, -0.2) is 53.8 Å². The minimum atomic E-state index is -1.07. The Morgan fingerprint density at radius 2 is 2.29 bits per heavy atom. The number of carboxylic acids is 1. The summed E-state index contributed by atoms with van der Waals surface area (Å²) in [4.78, 5) is 28.3. The Bertz CT molecular complexity index is 643. The van der Waals surface area contributed by atoms with Crippen LogP contribution in [0.3, 0.4) is 0 Å². The zero-order chi connectivity index (χ0) is 15.2. The number of amides is 2. The number of benzene rings is 1. The molecular weight excluding hydrogens is 294 g/mol. The van der Waals surface area contributed by atoms with E-state index in [0.29, 0.717) is 5.69 Å². The summed E-state index contributed by atoms with van der Waals surface area (Å²) in [5.41, 5.74) is 3.19. The van der Waals surface area contributed by atoms with Crippen LogP contribution in [0.5, 0.6) is 0 Å². The predicted octanol–water partition coefficient (Wildman–Crippen LogP) is 1.86. The van der Waals surface area contributed by atoms with Crippen molar-refractivity contribution in [2.45, 2.75) is 0 Å². The van der Waals surface area contributed by atoms with E-state index < -0.39 is 12.0 Å². The molecule has 0 fully saturated rings. The van der Waals surface area contributed by atoms with Gasteiger partial charge in [-0.05, 0) is 18.2 Å². The normalized spacial score (nSPS) is 10.5. The molecule has 0 saturated heterocycles. The maximum Gasteiger partial charge on any atom is 0.323 e. The highest BCUT2D eigenvalue weighted by molar-refractivity contribution is 7.16. The summed E-state index contributed by atoms with van der Waals surface area (Å²) in [5, 5.41) is 11.5. The first-order chi connectivity index (χ1) is 10.1. The summed E-state index contributed by atoms with van der Waals surface area (Å²) in [7, 11) is 1.49. The molecule has 2 amide bonds. The first kappa shape index (κ1) is 15.2. The van der Waals surface area contributed by atoms with E-state index in [4.69, 9.17) is 9.84 Å². The molecule has 0 aliphatic rings. The minimum absolute atomic E-state index is 0.206. The number of aliphatic carboxylic acids is 1. The Kier molecular flexibility index (Phi) is 5.07. The van der Waals surface area contributed by atoms with Crippen LogP contribution in [0.25, 0.3) is 10.2 Å². The fraction of sp³-hybridized carbons (Fsp3) is 0.308. The number of anilines is 1. The van der Waals surface area contributed by atoms with Crippen molar-refractivity contribution >= 4 is 39.2 Å². The van der Waals surface area contributed by atoms with Crippen LogP contribution < -0.4 is 5.32 Å². The van der Waals surface area contributed by atoms with Crippen LogP contribution in [0.4, 0.5) is 10.5 Å². The third-order valence-corrected chi connectivity index (χ3v) is 3.55. The van der Waals surface area contributed by atoms with E-state index in [1.54, 1.807) is 23.7 Å². The van der Waals surface area contributed by atoms with Gasteiger partial charge in [0.15, 0.2) is 0 Å². The molecule has 0 spiro atoms. The van der Waals surface area contributed by atoms with Gasteiger partial charge in [-0.3, -0.25) is 4.79 Å². The first-order valence-electron chi connectivity index (χ1n) is 6.20. The second kappa shape index (κ2) is 7.00. The van der Waals surface area contributed by atoms with E-state index in [1.165, 1.54) is 23.3 Å². The second-order valence-corrected chi connectivity index (χ2v) is 5.16. The molecule has 0 bridgehead atoms. The number of carboxylic acid groups (broad SMARTS) is 1. The number of nitrogens with zero attached hydrogens (tertiary/aromatic N) is 2. The van der Waals surface area contributed by atoms with Crippen molar-refractivity contribution in [3.05, 3.63) is 23.7 Å². The second-order valence-electron chi connectivity index (χ2n) is 4.27. The molecule has 0 aliphatic heterocycles. The van der Waals surface area contributed by atoms with Crippen LogP contribution in [0, 0.1) is 0 Å². The highest BCUT2D eigenvalue weighted by Gasteiger charge is 2.16. The molecule has 8 heteroatoms. The molecule has 7 nitrogen and oxygen atoms in total. The van der Waals surface area contributed by atoms with Gasteiger partial charge < -0.3 is 20.1 Å². The minimum Gasteiger partial charge on any atom is -0.480 e. The largest absolute Gasteiger partial charge is 0.480 e. The summed E-state index contributed by atoms with van der Waals surface area (Å²) in [5.74, 6) is -1.07. The van der Waals surface area contributed by atoms with Gasteiger partial charge in [0.1, 0.15) is 6.54 Å². The lowest BCUT2D eigenvalue weighted by Gasteiger charge is -2.20. The number of aromatic nitrogens is 1. The molecule has 1 heterocycles. The van der Waals surface area contributed by atoms with E-state index in [2.05, 4.69) is 10.3 Å². The highest BCUT2D eigenvalue weighted by atomic mass is 32.1. The summed E-state index contributed by atoms with van der Waals surface area (Å²) in [6, 6.07) is 4.87. The van der Waals surface area contributed by atoms with Crippen LogP contribution in [0.1, 0.15) is 0 Å². The maximum atomic E-state index is 12.1. The number of fused-ring (bicyclic) bond motifs is 1. The summed E-state index contributed by atoms with van der Waals surface area (Å²) in [6.07, 6.45) is 0. The lowest BCUT2D eigenvalue weighted by Crippen LogP contribution is -2.40. The van der Waals surface area contributed by atoms with Gasteiger partial charge >= 0.3 is 12.0 Å². The number of hydrogen-bond donors (Lipinski definition) is 2. The predicted molar refractivity (Wildman–Crippen MR) is 79.7 cm³/mol. The zero-order valence-corrected chi connectivity index (χ0v) is 12.2. The monoisotopic (exact) mass is 309 g/mol. The summed E-state index contributed by atoms with van der Waals surface area (Å²) >= 11 is 1.47. The average Bonchev–Trinajstić information content (AvgIpc) is 2.90. The lowest BCUT2D eigenvalue weighted by molar-refractivity contribution is -0.137.